The maximum absolute atomic E-state index is 12.0. The van der Waals surface area contributed by atoms with Crippen LogP contribution in [0.4, 0.5) is 8.78 Å². The third-order valence-corrected chi connectivity index (χ3v) is 4.15. The maximum atomic E-state index is 12.0. The molecule has 6 heteroatoms. The molecule has 21 heavy (non-hydrogen) atoms. The van der Waals surface area contributed by atoms with Crippen LogP contribution in [-0.2, 0) is 0 Å². The van der Waals surface area contributed by atoms with Crippen molar-refractivity contribution in [3.05, 3.63) is 29.8 Å². The quantitative estimate of drug-likeness (QED) is 0.867. The fourth-order valence-electron chi connectivity index (χ4n) is 3.14. The van der Waals surface area contributed by atoms with Crippen molar-refractivity contribution in [1.29, 1.82) is 0 Å². The average molecular weight is 294 g/mol. The van der Waals surface area contributed by atoms with Gasteiger partial charge >= 0.3 is 6.61 Å². The molecule has 112 valence electrons. The number of halogens is 2. The van der Waals surface area contributed by atoms with Gasteiger partial charge in [0.2, 0.25) is 0 Å². The number of fused-ring (bicyclic) bond motifs is 2. The van der Waals surface area contributed by atoms with Crippen LogP contribution in [-0.4, -0.2) is 18.2 Å². The lowest BCUT2D eigenvalue weighted by Crippen LogP contribution is -2.21. The molecule has 1 N–H and O–H groups in total. The molecule has 3 rings (SSSR count). The molecule has 0 radical (unpaired) electrons. The summed E-state index contributed by atoms with van der Waals surface area (Å²) in [6, 6.07) is 5.56. The summed E-state index contributed by atoms with van der Waals surface area (Å²) < 4.78 is 28.3. The number of benzene rings is 1. The lowest BCUT2D eigenvalue weighted by Gasteiger charge is -2.11. The van der Waals surface area contributed by atoms with Gasteiger partial charge in [-0.05, 0) is 61.8 Å². The minimum Gasteiger partial charge on any atom is -0.435 e. The van der Waals surface area contributed by atoms with Gasteiger partial charge in [0.25, 0.3) is 5.91 Å². The second kappa shape index (κ2) is 5.79. The van der Waals surface area contributed by atoms with E-state index < -0.39 is 6.61 Å². The number of hydrogen-bond donors (Lipinski definition) is 1. The van der Waals surface area contributed by atoms with Crippen molar-refractivity contribution in [2.75, 3.05) is 0 Å². The minimum absolute atomic E-state index is 0.0287. The van der Waals surface area contributed by atoms with E-state index in [-0.39, 0.29) is 11.7 Å². The Bertz CT molecular complexity index is 557. The number of nitrogens with zero attached hydrogens (tertiary/aromatic N) is 1. The van der Waals surface area contributed by atoms with E-state index >= 15 is 0 Å². The van der Waals surface area contributed by atoms with Crippen molar-refractivity contribution < 1.29 is 18.3 Å². The van der Waals surface area contributed by atoms with Crippen molar-refractivity contribution in [1.82, 2.24) is 5.43 Å². The predicted octanol–water partition coefficient (Wildman–Crippen LogP) is 3.19. The number of hydrazone groups is 1. The molecular formula is C15H16F2N2O2. The number of ether oxygens (including phenoxy) is 1. The van der Waals surface area contributed by atoms with Gasteiger partial charge in [0.15, 0.2) is 0 Å². The minimum atomic E-state index is -2.87. The number of rotatable bonds is 4. The van der Waals surface area contributed by atoms with E-state index in [0.717, 1.165) is 18.1 Å². The monoisotopic (exact) mass is 294 g/mol. The van der Waals surface area contributed by atoms with Crippen LogP contribution in [0.15, 0.2) is 29.4 Å². The second-order valence-electron chi connectivity index (χ2n) is 5.53. The van der Waals surface area contributed by atoms with Crippen LogP contribution in [0.3, 0.4) is 0 Å². The molecule has 4 nitrogen and oxygen atoms in total. The molecule has 2 fully saturated rings. The topological polar surface area (TPSA) is 50.7 Å². The van der Waals surface area contributed by atoms with Crippen molar-refractivity contribution in [2.45, 2.75) is 32.3 Å². The van der Waals surface area contributed by atoms with Crippen molar-refractivity contribution in [3.63, 3.8) is 0 Å². The summed E-state index contributed by atoms with van der Waals surface area (Å²) in [6.07, 6.45) is 4.60. The van der Waals surface area contributed by atoms with Gasteiger partial charge in [-0.15, -0.1) is 0 Å². The highest BCUT2D eigenvalue weighted by Crippen LogP contribution is 2.42. The molecule has 1 aromatic rings. The lowest BCUT2D eigenvalue weighted by molar-refractivity contribution is -0.0498. The number of nitrogens with one attached hydrogen (secondary N) is 1. The van der Waals surface area contributed by atoms with E-state index in [4.69, 9.17) is 0 Å². The first-order valence-corrected chi connectivity index (χ1v) is 7.03. The standard InChI is InChI=1S/C15H16F2N2O2/c16-15(17)21-12-5-3-10(4-6-12)14(20)19-18-13-8-9-1-2-11(13)7-9/h3-6,9,11,15H,1-2,7-8H2,(H,19,20)/b18-13+/t9-,11-/m0/s1. The fraction of sp³-hybridized carbons (Fsp3) is 0.467. The Morgan fingerprint density at radius 2 is 2.05 bits per heavy atom. The van der Waals surface area contributed by atoms with Crippen LogP contribution >= 0.6 is 0 Å². The molecule has 1 amide bonds. The van der Waals surface area contributed by atoms with Crippen LogP contribution in [0, 0.1) is 11.8 Å². The second-order valence-corrected chi connectivity index (χ2v) is 5.53. The zero-order valence-corrected chi connectivity index (χ0v) is 11.4. The summed E-state index contributed by atoms with van der Waals surface area (Å²) >= 11 is 0. The molecule has 1 aromatic carbocycles. The van der Waals surface area contributed by atoms with Gasteiger partial charge in [-0.2, -0.15) is 13.9 Å². The molecular weight excluding hydrogens is 278 g/mol. The summed E-state index contributed by atoms with van der Waals surface area (Å²) in [7, 11) is 0. The lowest BCUT2D eigenvalue weighted by atomic mass is 9.99. The van der Waals surface area contributed by atoms with Crippen LogP contribution < -0.4 is 10.2 Å². The van der Waals surface area contributed by atoms with Crippen LogP contribution in [0.2, 0.25) is 0 Å². The summed E-state index contributed by atoms with van der Waals surface area (Å²) in [4.78, 5) is 11.9. The molecule has 0 unspecified atom stereocenters. The van der Waals surface area contributed by atoms with Crippen molar-refractivity contribution in [3.8, 4) is 5.75 Å². The van der Waals surface area contributed by atoms with E-state index in [2.05, 4.69) is 15.3 Å². The smallest absolute Gasteiger partial charge is 0.387 e. The molecule has 2 aliphatic carbocycles. The first kappa shape index (κ1) is 14.0. The fourth-order valence-corrected chi connectivity index (χ4v) is 3.14. The number of carbonyl (C=O) groups is 1. The molecule has 2 bridgehead atoms. The highest BCUT2D eigenvalue weighted by molar-refractivity contribution is 5.96. The van der Waals surface area contributed by atoms with Gasteiger partial charge in [-0.1, -0.05) is 0 Å². The largest absolute Gasteiger partial charge is 0.435 e. The predicted molar refractivity (Wildman–Crippen MR) is 73.4 cm³/mol. The van der Waals surface area contributed by atoms with Crippen LogP contribution in [0.1, 0.15) is 36.0 Å². The molecule has 2 atom stereocenters. The maximum Gasteiger partial charge on any atom is 0.387 e. The Labute approximate surface area is 121 Å². The number of carbonyl (C=O) groups excluding carboxylic acids is 1. The van der Waals surface area contributed by atoms with Crippen LogP contribution in [0.5, 0.6) is 5.75 Å². The van der Waals surface area contributed by atoms with E-state index in [1.54, 1.807) is 0 Å². The Balaban J connectivity index is 1.59. The zero-order chi connectivity index (χ0) is 14.8. The van der Waals surface area contributed by atoms with E-state index in [9.17, 15) is 13.6 Å². The van der Waals surface area contributed by atoms with Gasteiger partial charge in [0.1, 0.15) is 5.75 Å². The molecule has 2 aliphatic rings. The van der Waals surface area contributed by atoms with E-state index in [0.29, 0.717) is 11.5 Å². The average Bonchev–Trinajstić information content (AvgIpc) is 3.07. The number of amides is 1. The Morgan fingerprint density at radius 1 is 1.29 bits per heavy atom. The third kappa shape index (κ3) is 3.20. The Hall–Kier alpha value is -1.98. The van der Waals surface area contributed by atoms with Gasteiger partial charge in [-0.3, -0.25) is 4.79 Å². The number of alkyl halides is 2. The van der Waals surface area contributed by atoms with Gasteiger partial charge in [-0.25, -0.2) is 5.43 Å². The molecule has 0 aliphatic heterocycles. The van der Waals surface area contributed by atoms with Crippen molar-refractivity contribution in [2.24, 2.45) is 16.9 Å². The van der Waals surface area contributed by atoms with Gasteiger partial charge < -0.3 is 4.74 Å². The molecule has 0 saturated heterocycles. The number of hydrogen-bond acceptors (Lipinski definition) is 3. The van der Waals surface area contributed by atoms with Crippen molar-refractivity contribution >= 4 is 11.6 Å². The van der Waals surface area contributed by atoms with Gasteiger partial charge in [0.05, 0.1) is 0 Å². The zero-order valence-electron chi connectivity index (χ0n) is 11.4. The van der Waals surface area contributed by atoms with Crippen LogP contribution in [0.25, 0.3) is 0 Å². The molecule has 2 saturated carbocycles. The normalized spacial score (nSPS) is 25.6. The SMILES string of the molecule is O=C(N/N=C1\C[C@H]2CC[C@H]1C2)c1ccc(OC(F)F)cc1. The van der Waals surface area contributed by atoms with E-state index in [1.807, 2.05) is 0 Å². The first-order valence-electron chi connectivity index (χ1n) is 7.03. The summed E-state index contributed by atoms with van der Waals surface area (Å²) in [6.45, 7) is -2.87. The third-order valence-electron chi connectivity index (χ3n) is 4.15. The summed E-state index contributed by atoms with van der Waals surface area (Å²) in [5, 5.41) is 4.22. The molecule has 0 spiro atoms. The molecule has 0 heterocycles. The summed E-state index contributed by atoms with van der Waals surface area (Å²) in [5.41, 5.74) is 3.99. The highest BCUT2D eigenvalue weighted by Gasteiger charge is 2.36. The highest BCUT2D eigenvalue weighted by atomic mass is 19.3. The van der Waals surface area contributed by atoms with E-state index in [1.165, 1.54) is 43.5 Å². The Morgan fingerprint density at radius 3 is 2.62 bits per heavy atom. The molecule has 0 aromatic heterocycles. The first-order chi connectivity index (χ1) is 10.1. The summed E-state index contributed by atoms with van der Waals surface area (Å²) in [5.74, 6) is 0.948. The Kier molecular flexibility index (Phi) is 3.86. The van der Waals surface area contributed by atoms with Gasteiger partial charge in [0, 0.05) is 11.3 Å².